The van der Waals surface area contributed by atoms with Gasteiger partial charge in [-0.15, -0.1) is 0 Å². The zero-order chi connectivity index (χ0) is 22.6. The molecule has 3 aliphatic rings. The minimum Gasteiger partial charge on any atom is -0.325 e. The molecule has 164 valence electrons. The van der Waals surface area contributed by atoms with Crippen molar-refractivity contribution in [2.75, 3.05) is 5.32 Å². The zero-order valence-corrected chi connectivity index (χ0v) is 18.9. The summed E-state index contributed by atoms with van der Waals surface area (Å²) in [4.78, 5) is 41.3. The predicted molar refractivity (Wildman–Crippen MR) is 123 cm³/mol. The van der Waals surface area contributed by atoms with Gasteiger partial charge in [0.25, 0.3) is 0 Å². The van der Waals surface area contributed by atoms with Crippen molar-refractivity contribution < 1.29 is 14.4 Å². The van der Waals surface area contributed by atoms with E-state index in [2.05, 4.69) is 17.5 Å². The molecule has 1 heterocycles. The molecule has 2 aromatic carbocycles. The molecule has 5 nitrogen and oxygen atoms in total. The molecule has 1 aliphatic heterocycles. The van der Waals surface area contributed by atoms with Crippen LogP contribution in [0.25, 0.3) is 0 Å². The lowest BCUT2D eigenvalue weighted by Crippen LogP contribution is -2.38. The SMILES string of the molecule is Cc1ccccc1C(CC(=O)Nc1ccc(Cl)cc1Cl)N1C(=O)C2C3C=CC(C3)C2C1=O. The highest BCUT2D eigenvalue weighted by Crippen LogP contribution is 2.54. The van der Waals surface area contributed by atoms with Crippen molar-refractivity contribution in [3.8, 4) is 0 Å². The maximum atomic E-state index is 13.4. The van der Waals surface area contributed by atoms with E-state index >= 15 is 0 Å². The summed E-state index contributed by atoms with van der Waals surface area (Å²) in [5.41, 5.74) is 2.16. The summed E-state index contributed by atoms with van der Waals surface area (Å²) in [6, 6.07) is 11.7. The van der Waals surface area contributed by atoms with Gasteiger partial charge in [-0.05, 0) is 54.5 Å². The number of halogens is 2. The fraction of sp³-hybridized carbons (Fsp3) is 0.320. The van der Waals surface area contributed by atoms with E-state index in [9.17, 15) is 14.4 Å². The Balaban J connectivity index is 1.46. The Morgan fingerprint density at radius 2 is 1.72 bits per heavy atom. The molecule has 5 unspecified atom stereocenters. The van der Waals surface area contributed by atoms with Crippen molar-refractivity contribution in [2.45, 2.75) is 25.8 Å². The van der Waals surface area contributed by atoms with Crippen LogP contribution >= 0.6 is 23.2 Å². The molecule has 1 saturated carbocycles. The number of anilines is 1. The minimum atomic E-state index is -0.674. The van der Waals surface area contributed by atoms with E-state index in [1.54, 1.807) is 18.2 Å². The first-order valence-electron chi connectivity index (χ1n) is 10.7. The van der Waals surface area contributed by atoms with Gasteiger partial charge in [0.05, 0.1) is 35.0 Å². The third-order valence-corrected chi connectivity index (χ3v) is 7.50. The first-order valence-corrected chi connectivity index (χ1v) is 11.5. The number of hydrogen-bond acceptors (Lipinski definition) is 3. The van der Waals surface area contributed by atoms with Crippen LogP contribution in [-0.4, -0.2) is 22.6 Å². The lowest BCUT2D eigenvalue weighted by Gasteiger charge is -2.29. The molecule has 0 radical (unpaired) electrons. The predicted octanol–water partition coefficient (Wildman–Crippen LogP) is 5.18. The second kappa shape index (κ2) is 8.05. The normalized spacial score (nSPS) is 26.5. The lowest BCUT2D eigenvalue weighted by atomic mass is 9.85. The molecular weight excluding hydrogens is 447 g/mol. The third-order valence-electron chi connectivity index (χ3n) is 6.95. The van der Waals surface area contributed by atoms with Gasteiger partial charge >= 0.3 is 0 Å². The van der Waals surface area contributed by atoms with Gasteiger partial charge in [-0.2, -0.15) is 0 Å². The van der Waals surface area contributed by atoms with E-state index in [1.807, 2.05) is 31.2 Å². The molecule has 5 rings (SSSR count). The molecule has 0 spiro atoms. The maximum Gasteiger partial charge on any atom is 0.234 e. The van der Waals surface area contributed by atoms with Crippen LogP contribution in [0.4, 0.5) is 5.69 Å². The number of carbonyl (C=O) groups is 3. The number of fused-ring (bicyclic) bond motifs is 5. The van der Waals surface area contributed by atoms with Gasteiger partial charge in [-0.1, -0.05) is 59.6 Å². The molecule has 7 heteroatoms. The molecule has 32 heavy (non-hydrogen) atoms. The van der Waals surface area contributed by atoms with E-state index in [0.717, 1.165) is 17.5 Å². The summed E-state index contributed by atoms with van der Waals surface area (Å²) >= 11 is 12.1. The van der Waals surface area contributed by atoms with Gasteiger partial charge in [0.1, 0.15) is 0 Å². The Hall–Kier alpha value is -2.63. The topological polar surface area (TPSA) is 66.5 Å². The average Bonchev–Trinajstić information content (AvgIpc) is 3.43. The fourth-order valence-corrected chi connectivity index (χ4v) is 5.96. The summed E-state index contributed by atoms with van der Waals surface area (Å²) in [6.45, 7) is 1.92. The second-order valence-electron chi connectivity index (χ2n) is 8.80. The Morgan fingerprint density at radius 1 is 1.06 bits per heavy atom. The summed E-state index contributed by atoms with van der Waals surface area (Å²) in [6.07, 6.45) is 4.95. The molecule has 2 aliphatic carbocycles. The summed E-state index contributed by atoms with van der Waals surface area (Å²) < 4.78 is 0. The molecule has 2 fully saturated rings. The molecule has 2 bridgehead atoms. The van der Waals surface area contributed by atoms with Crippen molar-refractivity contribution >= 4 is 46.6 Å². The Labute approximate surface area is 196 Å². The number of amides is 3. The fourth-order valence-electron chi connectivity index (χ4n) is 5.50. The minimum absolute atomic E-state index is 0.0521. The Bertz CT molecular complexity index is 1130. The number of allylic oxidation sites excluding steroid dienone is 2. The lowest BCUT2D eigenvalue weighted by molar-refractivity contribution is -0.144. The molecule has 1 N–H and O–H groups in total. The van der Waals surface area contributed by atoms with Crippen LogP contribution in [0, 0.1) is 30.6 Å². The highest BCUT2D eigenvalue weighted by atomic mass is 35.5. The maximum absolute atomic E-state index is 13.4. The van der Waals surface area contributed by atoms with Crippen LogP contribution in [0.15, 0.2) is 54.6 Å². The van der Waals surface area contributed by atoms with Gasteiger partial charge in [0.2, 0.25) is 17.7 Å². The van der Waals surface area contributed by atoms with Crippen LogP contribution in [0.3, 0.4) is 0 Å². The first-order chi connectivity index (χ1) is 15.3. The summed E-state index contributed by atoms with van der Waals surface area (Å²) in [5, 5.41) is 3.59. The summed E-state index contributed by atoms with van der Waals surface area (Å²) in [5.74, 6) is -1.04. The largest absolute Gasteiger partial charge is 0.325 e. The van der Waals surface area contributed by atoms with Gasteiger partial charge in [0, 0.05) is 5.02 Å². The number of nitrogens with zero attached hydrogens (tertiary/aromatic N) is 1. The van der Waals surface area contributed by atoms with Crippen molar-refractivity contribution in [3.05, 3.63) is 75.8 Å². The third kappa shape index (κ3) is 3.44. The highest BCUT2D eigenvalue weighted by Gasteiger charge is 2.60. The molecule has 3 amide bonds. The molecule has 5 atom stereocenters. The average molecular weight is 469 g/mol. The Kier molecular flexibility index (Phi) is 5.34. The standard InChI is InChI=1S/C25H22Cl2N2O3/c1-13-4-2-3-5-17(13)20(12-21(30)28-19-9-8-16(26)11-18(19)27)29-24(31)22-14-6-7-15(10-14)23(22)25(29)32/h2-9,11,14-15,20,22-23H,10,12H2,1H3,(H,28,30). The van der Waals surface area contributed by atoms with Crippen LogP contribution in [0.2, 0.25) is 10.0 Å². The number of likely N-dealkylation sites (tertiary alicyclic amines) is 1. The van der Waals surface area contributed by atoms with Crippen LogP contribution in [0.1, 0.15) is 30.0 Å². The molecule has 0 aromatic heterocycles. The Morgan fingerprint density at radius 3 is 2.34 bits per heavy atom. The van der Waals surface area contributed by atoms with E-state index in [4.69, 9.17) is 23.2 Å². The van der Waals surface area contributed by atoms with Crippen molar-refractivity contribution in [2.24, 2.45) is 23.7 Å². The molecule has 2 aromatic rings. The van der Waals surface area contributed by atoms with Crippen molar-refractivity contribution in [1.82, 2.24) is 4.90 Å². The monoisotopic (exact) mass is 468 g/mol. The van der Waals surface area contributed by atoms with Gasteiger partial charge in [-0.3, -0.25) is 19.3 Å². The number of rotatable bonds is 5. The van der Waals surface area contributed by atoms with Gasteiger partial charge in [-0.25, -0.2) is 0 Å². The number of benzene rings is 2. The van der Waals surface area contributed by atoms with Crippen LogP contribution in [0.5, 0.6) is 0 Å². The smallest absolute Gasteiger partial charge is 0.234 e. The van der Waals surface area contributed by atoms with Gasteiger partial charge < -0.3 is 5.32 Å². The van der Waals surface area contributed by atoms with Crippen molar-refractivity contribution in [3.63, 3.8) is 0 Å². The van der Waals surface area contributed by atoms with Crippen LogP contribution in [-0.2, 0) is 14.4 Å². The molecule has 1 saturated heterocycles. The second-order valence-corrected chi connectivity index (χ2v) is 9.64. The van der Waals surface area contributed by atoms with Gasteiger partial charge in [0.15, 0.2) is 0 Å². The van der Waals surface area contributed by atoms with E-state index in [-0.39, 0.29) is 47.8 Å². The van der Waals surface area contributed by atoms with E-state index in [1.165, 1.54) is 4.90 Å². The highest BCUT2D eigenvalue weighted by molar-refractivity contribution is 6.36. The molecular formula is C25H22Cl2N2O3. The number of hydrogen-bond donors (Lipinski definition) is 1. The summed E-state index contributed by atoms with van der Waals surface area (Å²) in [7, 11) is 0. The van der Waals surface area contributed by atoms with E-state index < -0.39 is 6.04 Å². The zero-order valence-electron chi connectivity index (χ0n) is 17.4. The number of nitrogens with one attached hydrogen (secondary N) is 1. The van der Waals surface area contributed by atoms with Crippen molar-refractivity contribution in [1.29, 1.82) is 0 Å². The number of aryl methyl sites for hydroxylation is 1. The quantitative estimate of drug-likeness (QED) is 0.485. The number of carbonyl (C=O) groups excluding carboxylic acids is 3. The first kappa shape index (κ1) is 21.2. The van der Waals surface area contributed by atoms with E-state index in [0.29, 0.717) is 15.7 Å². The number of imide groups is 1. The van der Waals surface area contributed by atoms with Crippen LogP contribution < -0.4 is 5.32 Å².